The maximum atomic E-state index is 7.15. The summed E-state index contributed by atoms with van der Waals surface area (Å²) in [4.78, 5) is 7.78. The molecule has 10 heavy (non-hydrogen) atoms. The fourth-order valence-electron chi connectivity index (χ4n) is 0.470. The van der Waals surface area contributed by atoms with Gasteiger partial charge in [0.1, 0.15) is 0 Å². The Balaban J connectivity index is 2.93. The molecule has 0 amide bonds. The van der Waals surface area contributed by atoms with Crippen molar-refractivity contribution < 1.29 is 2.74 Å². The van der Waals surface area contributed by atoms with Crippen molar-refractivity contribution in [3.05, 3.63) is 18.0 Å². The Morgan fingerprint density at radius 2 is 2.30 bits per heavy atom. The van der Waals surface area contributed by atoms with Crippen molar-refractivity contribution >= 4 is 23.4 Å². The zero-order valence-electron chi connectivity index (χ0n) is 7.34. The second-order valence-electron chi connectivity index (χ2n) is 1.55. The van der Waals surface area contributed by atoms with Crippen molar-refractivity contribution in [3.63, 3.8) is 0 Å². The van der Waals surface area contributed by atoms with Gasteiger partial charge >= 0.3 is 0 Å². The van der Waals surface area contributed by atoms with Crippen LogP contribution < -0.4 is 0 Å². The molecule has 0 N–H and O–H groups in total. The van der Waals surface area contributed by atoms with Gasteiger partial charge in [0.05, 0.1) is 5.83 Å². The van der Waals surface area contributed by atoms with Gasteiger partial charge in [0, 0.05) is 20.7 Å². The first-order chi connectivity index (χ1) is 5.54. The molecule has 0 aliphatic heterocycles. The summed E-state index contributed by atoms with van der Waals surface area (Å²) >= 11 is 6.80. The molecule has 0 radical (unpaired) electrons. The van der Waals surface area contributed by atoms with Crippen LogP contribution in [0.2, 0.25) is 0 Å². The zero-order valence-corrected chi connectivity index (χ0v) is 6.91. The van der Waals surface area contributed by atoms with E-state index < -0.39 is 5.83 Å². The van der Waals surface area contributed by atoms with E-state index in [0.717, 1.165) is 0 Å². The Labute approximate surface area is 71.8 Å². The highest BCUT2D eigenvalue weighted by Gasteiger charge is 1.92. The van der Waals surface area contributed by atoms with Gasteiger partial charge in [-0.15, -0.1) is 11.6 Å². The number of aromatic nitrogens is 2. The van der Waals surface area contributed by atoms with Gasteiger partial charge in [-0.05, 0) is 6.26 Å². The van der Waals surface area contributed by atoms with Crippen molar-refractivity contribution in [3.8, 4) is 0 Å². The largest absolute Gasteiger partial charge is 0.231 e. The Morgan fingerprint density at radius 3 is 2.70 bits per heavy atom. The SMILES string of the molecule is [2H]C([2H])(Cl)c1cnc(SC)nc1. The fourth-order valence-corrected chi connectivity index (χ4v) is 0.884. The van der Waals surface area contributed by atoms with Crippen molar-refractivity contribution in [1.29, 1.82) is 0 Å². The lowest BCUT2D eigenvalue weighted by atomic mass is 10.4. The highest BCUT2D eigenvalue weighted by atomic mass is 35.5. The molecule has 0 aliphatic rings. The Bertz CT molecular complexity index is 259. The maximum Gasteiger partial charge on any atom is 0.187 e. The molecule has 1 aromatic rings. The van der Waals surface area contributed by atoms with E-state index in [1.807, 2.05) is 6.26 Å². The second-order valence-corrected chi connectivity index (χ2v) is 2.52. The Morgan fingerprint density at radius 1 is 1.70 bits per heavy atom. The van der Waals surface area contributed by atoms with E-state index in [1.165, 1.54) is 24.2 Å². The molecule has 4 heteroatoms. The minimum absolute atomic E-state index is 0.280. The molecule has 0 unspecified atom stereocenters. The van der Waals surface area contributed by atoms with Crippen LogP contribution in [-0.2, 0) is 5.83 Å². The number of halogens is 1. The van der Waals surface area contributed by atoms with Crippen molar-refractivity contribution in [1.82, 2.24) is 9.97 Å². The van der Waals surface area contributed by atoms with Crippen LogP contribution in [0.3, 0.4) is 0 Å². The van der Waals surface area contributed by atoms with E-state index in [4.69, 9.17) is 14.3 Å². The normalized spacial score (nSPS) is 14.2. The first-order valence-electron chi connectivity index (χ1n) is 3.59. The number of thioether (sulfide) groups is 1. The van der Waals surface area contributed by atoms with Gasteiger partial charge in [-0.3, -0.25) is 0 Å². The summed E-state index contributed by atoms with van der Waals surface area (Å²) in [5.41, 5.74) is 0.280. The monoisotopic (exact) mass is 176 g/mol. The zero-order chi connectivity index (χ0) is 9.19. The van der Waals surface area contributed by atoms with Gasteiger partial charge in [-0.2, -0.15) is 0 Å². The molecule has 0 saturated carbocycles. The third kappa shape index (κ3) is 1.85. The lowest BCUT2D eigenvalue weighted by Crippen LogP contribution is -1.86. The second kappa shape index (κ2) is 3.78. The third-order valence-electron chi connectivity index (χ3n) is 0.920. The van der Waals surface area contributed by atoms with Crippen LogP contribution in [0.25, 0.3) is 0 Å². The summed E-state index contributed by atoms with van der Waals surface area (Å²) in [5, 5.41) is 0.611. The molecule has 2 nitrogen and oxygen atoms in total. The van der Waals surface area contributed by atoms with Crippen molar-refractivity contribution in [2.75, 3.05) is 6.26 Å². The molecule has 0 bridgehead atoms. The van der Waals surface area contributed by atoms with E-state index >= 15 is 0 Å². The van der Waals surface area contributed by atoms with E-state index in [0.29, 0.717) is 5.16 Å². The smallest absolute Gasteiger partial charge is 0.187 e. The molecule has 1 rings (SSSR count). The van der Waals surface area contributed by atoms with Gasteiger partial charge in [0.15, 0.2) is 5.16 Å². The molecule has 0 aliphatic carbocycles. The fraction of sp³-hybridized carbons (Fsp3) is 0.333. The topological polar surface area (TPSA) is 25.8 Å². The first-order valence-corrected chi connectivity index (χ1v) is 4.20. The molecule has 0 fully saturated rings. The van der Waals surface area contributed by atoms with Crippen LogP contribution in [-0.4, -0.2) is 16.2 Å². The molecule has 0 spiro atoms. The minimum atomic E-state index is -1.88. The van der Waals surface area contributed by atoms with Crippen molar-refractivity contribution in [2.24, 2.45) is 0 Å². The van der Waals surface area contributed by atoms with Crippen LogP contribution in [0.15, 0.2) is 17.6 Å². The summed E-state index contributed by atoms with van der Waals surface area (Å²) in [6.07, 6.45) is 4.64. The quantitative estimate of drug-likeness (QED) is 0.391. The summed E-state index contributed by atoms with van der Waals surface area (Å²) in [6, 6.07) is 0. The molecule has 1 heterocycles. The standard InChI is InChI=1S/C6H7ClN2S/c1-10-6-8-3-5(2-7)4-9-6/h3-4H,2H2,1H3/i2D2. The average molecular weight is 177 g/mol. The van der Waals surface area contributed by atoms with Crippen LogP contribution in [0, 0.1) is 0 Å². The van der Waals surface area contributed by atoms with Crippen LogP contribution in [0.4, 0.5) is 0 Å². The first kappa shape index (κ1) is 5.38. The number of nitrogens with zero attached hydrogens (tertiary/aromatic N) is 2. The predicted molar refractivity (Wildman–Crippen MR) is 43.4 cm³/mol. The molecule has 54 valence electrons. The molecular formula is C6H7ClN2S. The average Bonchev–Trinajstić information content (AvgIpc) is 2.03. The van der Waals surface area contributed by atoms with Gasteiger partial charge in [0.2, 0.25) is 0 Å². The number of rotatable bonds is 2. The van der Waals surface area contributed by atoms with E-state index in [1.54, 1.807) is 0 Å². The van der Waals surface area contributed by atoms with Gasteiger partial charge in [0.25, 0.3) is 0 Å². The van der Waals surface area contributed by atoms with Crippen LogP contribution in [0.5, 0.6) is 0 Å². The Hall–Kier alpha value is -0.280. The van der Waals surface area contributed by atoms with E-state index in [-0.39, 0.29) is 5.56 Å². The minimum Gasteiger partial charge on any atom is -0.231 e. The van der Waals surface area contributed by atoms with E-state index in [9.17, 15) is 0 Å². The third-order valence-corrected chi connectivity index (χ3v) is 1.71. The number of hydrogen-bond acceptors (Lipinski definition) is 3. The molecule has 1 aromatic heterocycles. The maximum absolute atomic E-state index is 7.15. The molecule has 0 atom stereocenters. The summed E-state index contributed by atoms with van der Waals surface area (Å²) < 4.78 is 14.3. The van der Waals surface area contributed by atoms with Crippen LogP contribution in [0.1, 0.15) is 8.30 Å². The Kier molecular flexibility index (Phi) is 2.04. The highest BCUT2D eigenvalue weighted by molar-refractivity contribution is 7.98. The van der Waals surface area contributed by atoms with E-state index in [2.05, 4.69) is 9.97 Å². The predicted octanol–water partition coefficient (Wildman–Crippen LogP) is 1.94. The van der Waals surface area contributed by atoms with Gasteiger partial charge in [-0.1, -0.05) is 11.8 Å². The lowest BCUT2D eigenvalue weighted by molar-refractivity contribution is 0.949. The van der Waals surface area contributed by atoms with Gasteiger partial charge in [-0.25, -0.2) is 9.97 Å². The highest BCUT2D eigenvalue weighted by Crippen LogP contribution is 2.07. The lowest BCUT2D eigenvalue weighted by Gasteiger charge is -1.94. The molecule has 0 aromatic carbocycles. The number of alkyl halides is 1. The molecule has 0 saturated heterocycles. The molecular weight excluding hydrogens is 168 g/mol. The van der Waals surface area contributed by atoms with Gasteiger partial charge < -0.3 is 0 Å². The van der Waals surface area contributed by atoms with Crippen molar-refractivity contribution in [2.45, 2.75) is 11.0 Å². The summed E-state index contributed by atoms with van der Waals surface area (Å²) in [5.74, 6) is -1.88. The van der Waals surface area contributed by atoms with Crippen LogP contribution >= 0.6 is 23.4 Å². The summed E-state index contributed by atoms with van der Waals surface area (Å²) in [6.45, 7) is 0. The summed E-state index contributed by atoms with van der Waals surface area (Å²) in [7, 11) is 0. The number of hydrogen-bond donors (Lipinski definition) is 0.